The average molecular weight is 442 g/mol. The molecule has 31 heavy (non-hydrogen) atoms. The standard InChI is InChI=1S/C21H36N4O6/c26-18(25-9-7-24(8-10-25)17-5-1-2-6-22-17)12-15-19(27)20(28)16(31-15)13-23-21(29)14-4-3-11-30-14/h14-17,19-20,22,27-28H,1-13H2,(H,23,29)/p+1/t14?,15-,16-,17?,19+,20-/m1/s1. The van der Waals surface area contributed by atoms with Crippen LogP contribution in [0.3, 0.4) is 0 Å². The second kappa shape index (κ2) is 10.5. The van der Waals surface area contributed by atoms with E-state index in [1.807, 2.05) is 4.90 Å². The molecule has 0 bridgehead atoms. The Morgan fingerprint density at radius 2 is 1.77 bits per heavy atom. The fourth-order valence-corrected chi connectivity index (χ4v) is 5.12. The number of piperidine rings is 1. The molecule has 0 spiro atoms. The number of carbonyl (C=O) groups excluding carboxylic acids is 2. The summed E-state index contributed by atoms with van der Waals surface area (Å²) in [6.07, 6.45) is 1.63. The molecule has 4 saturated heterocycles. The largest absolute Gasteiger partial charge is 0.388 e. The van der Waals surface area contributed by atoms with Gasteiger partial charge in [-0.3, -0.25) is 14.5 Å². The minimum atomic E-state index is -1.15. The molecule has 5 N–H and O–H groups in total. The number of aliphatic hydroxyl groups is 2. The van der Waals surface area contributed by atoms with Gasteiger partial charge in [0.15, 0.2) is 0 Å². The van der Waals surface area contributed by atoms with Gasteiger partial charge in [0.1, 0.15) is 30.6 Å². The Bertz CT molecular complexity index is 617. The fraction of sp³-hybridized carbons (Fsp3) is 0.905. The third-order valence-corrected chi connectivity index (χ3v) is 7.07. The quantitative estimate of drug-likeness (QED) is 0.355. The Balaban J connectivity index is 1.20. The summed E-state index contributed by atoms with van der Waals surface area (Å²) in [7, 11) is 0. The van der Waals surface area contributed by atoms with E-state index >= 15 is 0 Å². The number of ether oxygens (including phenoxy) is 2. The molecule has 4 heterocycles. The van der Waals surface area contributed by atoms with Crippen LogP contribution < -0.4 is 10.6 Å². The molecule has 176 valence electrons. The van der Waals surface area contributed by atoms with E-state index in [0.29, 0.717) is 32.3 Å². The Morgan fingerprint density at radius 1 is 1.00 bits per heavy atom. The smallest absolute Gasteiger partial charge is 0.249 e. The molecule has 2 unspecified atom stereocenters. The van der Waals surface area contributed by atoms with E-state index < -0.39 is 30.5 Å². The number of nitrogens with one attached hydrogen (secondary N) is 1. The summed E-state index contributed by atoms with van der Waals surface area (Å²) in [6, 6.07) is 0. The van der Waals surface area contributed by atoms with Crippen molar-refractivity contribution in [1.29, 1.82) is 0 Å². The Labute approximate surface area is 183 Å². The molecule has 6 atom stereocenters. The first kappa shape index (κ1) is 22.9. The molecule has 0 aromatic heterocycles. The second-order valence-electron chi connectivity index (χ2n) is 9.15. The highest BCUT2D eigenvalue weighted by Crippen LogP contribution is 2.24. The molecule has 4 aliphatic heterocycles. The molecule has 0 aromatic rings. The second-order valence-corrected chi connectivity index (χ2v) is 9.15. The molecule has 0 saturated carbocycles. The number of amides is 2. The van der Waals surface area contributed by atoms with Crippen LogP contribution in [0.2, 0.25) is 0 Å². The summed E-state index contributed by atoms with van der Waals surface area (Å²) in [6.45, 7) is 4.92. The van der Waals surface area contributed by atoms with Gasteiger partial charge >= 0.3 is 0 Å². The zero-order valence-electron chi connectivity index (χ0n) is 18.2. The first-order valence-electron chi connectivity index (χ1n) is 11.8. The number of carbonyl (C=O) groups is 2. The fourth-order valence-electron chi connectivity index (χ4n) is 5.12. The molecule has 4 aliphatic rings. The van der Waals surface area contributed by atoms with Gasteiger partial charge in [0.05, 0.1) is 19.1 Å². The van der Waals surface area contributed by atoms with Crippen LogP contribution in [0.1, 0.15) is 38.5 Å². The van der Waals surface area contributed by atoms with Crippen LogP contribution >= 0.6 is 0 Å². The summed E-state index contributed by atoms with van der Waals surface area (Å²) < 4.78 is 11.1. The minimum Gasteiger partial charge on any atom is -0.388 e. The summed E-state index contributed by atoms with van der Waals surface area (Å²) >= 11 is 0. The van der Waals surface area contributed by atoms with Gasteiger partial charge < -0.3 is 35.2 Å². The van der Waals surface area contributed by atoms with Crippen molar-refractivity contribution >= 4 is 11.8 Å². The molecule has 10 heteroatoms. The topological polar surface area (TPSA) is 128 Å². The summed E-state index contributed by atoms with van der Waals surface area (Å²) in [5, 5.41) is 25.8. The number of piperazine rings is 1. The zero-order chi connectivity index (χ0) is 21.8. The molecular weight excluding hydrogens is 404 g/mol. The molecule has 0 aromatic carbocycles. The molecule has 0 aliphatic carbocycles. The van der Waals surface area contributed by atoms with E-state index in [1.165, 1.54) is 25.8 Å². The highest BCUT2D eigenvalue weighted by atomic mass is 16.5. The highest BCUT2D eigenvalue weighted by molar-refractivity contribution is 5.81. The molecule has 0 radical (unpaired) electrons. The van der Waals surface area contributed by atoms with E-state index in [4.69, 9.17) is 9.47 Å². The molecule has 2 amide bonds. The van der Waals surface area contributed by atoms with Crippen LogP contribution in [0, 0.1) is 0 Å². The van der Waals surface area contributed by atoms with Gasteiger partial charge in [-0.15, -0.1) is 0 Å². The van der Waals surface area contributed by atoms with Crippen LogP contribution in [0.5, 0.6) is 0 Å². The lowest BCUT2D eigenvalue weighted by molar-refractivity contribution is -0.717. The predicted octanol–water partition coefficient (Wildman–Crippen LogP) is -2.62. The number of aliphatic hydroxyl groups excluding tert-OH is 2. The van der Waals surface area contributed by atoms with E-state index in [0.717, 1.165) is 19.5 Å². The maximum Gasteiger partial charge on any atom is 0.249 e. The van der Waals surface area contributed by atoms with Crippen molar-refractivity contribution in [1.82, 2.24) is 15.1 Å². The van der Waals surface area contributed by atoms with Crippen molar-refractivity contribution in [2.45, 2.75) is 75.2 Å². The normalized spacial score (nSPS) is 37.2. The number of nitrogens with two attached hydrogens (primary N) is 1. The van der Waals surface area contributed by atoms with Crippen LogP contribution in [0.25, 0.3) is 0 Å². The van der Waals surface area contributed by atoms with Crippen LogP contribution in [0.15, 0.2) is 0 Å². The van der Waals surface area contributed by atoms with E-state index in [9.17, 15) is 19.8 Å². The van der Waals surface area contributed by atoms with Crippen LogP contribution in [-0.4, -0.2) is 114 Å². The van der Waals surface area contributed by atoms with E-state index in [2.05, 4.69) is 15.5 Å². The van der Waals surface area contributed by atoms with Crippen LogP contribution in [0.4, 0.5) is 0 Å². The third kappa shape index (κ3) is 5.55. The monoisotopic (exact) mass is 441 g/mol. The van der Waals surface area contributed by atoms with Crippen molar-refractivity contribution in [2.75, 3.05) is 45.9 Å². The Kier molecular flexibility index (Phi) is 7.78. The van der Waals surface area contributed by atoms with Gasteiger partial charge in [0.25, 0.3) is 0 Å². The summed E-state index contributed by atoms with van der Waals surface area (Å²) in [4.78, 5) is 29.2. The predicted molar refractivity (Wildman–Crippen MR) is 110 cm³/mol. The minimum absolute atomic E-state index is 0.0317. The first-order valence-corrected chi connectivity index (χ1v) is 11.8. The number of rotatable bonds is 6. The Hall–Kier alpha value is -1.30. The lowest BCUT2D eigenvalue weighted by Crippen LogP contribution is -2.95. The summed E-state index contributed by atoms with van der Waals surface area (Å²) in [5.41, 5.74) is 0. The van der Waals surface area contributed by atoms with Gasteiger partial charge in [-0.05, 0) is 25.7 Å². The lowest BCUT2D eigenvalue weighted by Gasteiger charge is -2.39. The lowest BCUT2D eigenvalue weighted by atomic mass is 10.0. The van der Waals surface area contributed by atoms with Crippen molar-refractivity contribution < 1.29 is 34.6 Å². The number of nitrogens with zero attached hydrogens (tertiary/aromatic N) is 2. The number of hydrogen-bond donors (Lipinski definition) is 4. The van der Waals surface area contributed by atoms with Gasteiger partial charge in [-0.1, -0.05) is 0 Å². The summed E-state index contributed by atoms with van der Waals surface area (Å²) in [5.74, 6) is -0.289. The molecule has 4 fully saturated rings. The van der Waals surface area contributed by atoms with Gasteiger partial charge in [-0.25, -0.2) is 0 Å². The zero-order valence-corrected chi connectivity index (χ0v) is 18.2. The molecular formula is C21H37N4O6+. The van der Waals surface area contributed by atoms with Gasteiger partial charge in [-0.2, -0.15) is 0 Å². The Morgan fingerprint density at radius 3 is 2.45 bits per heavy atom. The number of quaternary nitrogens is 1. The molecule has 4 rings (SSSR count). The van der Waals surface area contributed by atoms with Crippen molar-refractivity contribution in [3.63, 3.8) is 0 Å². The highest BCUT2D eigenvalue weighted by Gasteiger charge is 2.44. The van der Waals surface area contributed by atoms with E-state index in [1.54, 1.807) is 0 Å². The maximum atomic E-state index is 12.8. The average Bonchev–Trinajstić information content (AvgIpc) is 3.43. The third-order valence-electron chi connectivity index (χ3n) is 7.07. The first-order chi connectivity index (χ1) is 15.0. The van der Waals surface area contributed by atoms with Crippen molar-refractivity contribution in [3.05, 3.63) is 0 Å². The van der Waals surface area contributed by atoms with Crippen LogP contribution in [-0.2, 0) is 19.1 Å². The van der Waals surface area contributed by atoms with Gasteiger partial charge in [0, 0.05) is 45.8 Å². The van der Waals surface area contributed by atoms with Crippen molar-refractivity contribution in [2.24, 2.45) is 0 Å². The number of hydrogen-bond acceptors (Lipinski definition) is 7. The van der Waals surface area contributed by atoms with Gasteiger partial charge in [0.2, 0.25) is 11.8 Å². The maximum absolute atomic E-state index is 12.8. The SMILES string of the molecule is O=C(NC[C@H]1O[C@H](CC(=O)N2CCN(C3CCCC[NH2+]3)CC2)[C@H](O)[C@@H]1O)C1CCCO1. The van der Waals surface area contributed by atoms with E-state index in [-0.39, 0.29) is 24.8 Å². The molecule has 10 nitrogen and oxygen atoms in total. The van der Waals surface area contributed by atoms with Crippen molar-refractivity contribution in [3.8, 4) is 0 Å².